The van der Waals surface area contributed by atoms with Crippen LogP contribution in [0.4, 0.5) is 5.69 Å². The van der Waals surface area contributed by atoms with Gasteiger partial charge in [0, 0.05) is 11.6 Å². The number of anilines is 1. The maximum absolute atomic E-state index is 12.5. The molecule has 0 heterocycles. The summed E-state index contributed by atoms with van der Waals surface area (Å²) < 4.78 is 5.26. The summed E-state index contributed by atoms with van der Waals surface area (Å²) in [5.41, 5.74) is 3.09. The first-order chi connectivity index (χ1) is 11.2. The van der Waals surface area contributed by atoms with Crippen molar-refractivity contribution >= 4 is 11.7 Å². The van der Waals surface area contributed by atoms with Crippen LogP contribution in [0, 0.1) is 6.92 Å². The molecule has 120 valence electrons. The molecular weight excluding hydrogens is 286 g/mol. The summed E-state index contributed by atoms with van der Waals surface area (Å²) in [5, 5.41) is 3.29. The van der Waals surface area contributed by atoms with Gasteiger partial charge in [-0.2, -0.15) is 0 Å². The van der Waals surface area contributed by atoms with E-state index in [1.165, 1.54) is 5.56 Å². The standard InChI is InChI=1S/C20H23NO2/c1-4-18(16-9-7-6-8-10-16)19(20(22)23-5-2)21-17-13-11-15(3)12-14-17/h4,6-14,18-19,21H,1,5H2,2-3H3/t18-,19-/m1/s1. The Labute approximate surface area is 138 Å². The molecule has 0 aliphatic heterocycles. The summed E-state index contributed by atoms with van der Waals surface area (Å²) in [6.45, 7) is 8.10. The molecule has 0 fully saturated rings. The highest BCUT2D eigenvalue weighted by molar-refractivity contribution is 5.81. The zero-order valence-electron chi connectivity index (χ0n) is 13.7. The van der Waals surface area contributed by atoms with Crippen molar-refractivity contribution in [1.82, 2.24) is 0 Å². The van der Waals surface area contributed by atoms with Crippen molar-refractivity contribution in [1.29, 1.82) is 0 Å². The highest BCUT2D eigenvalue weighted by atomic mass is 16.5. The van der Waals surface area contributed by atoms with E-state index in [4.69, 9.17) is 4.74 Å². The lowest BCUT2D eigenvalue weighted by Crippen LogP contribution is -2.36. The van der Waals surface area contributed by atoms with Crippen LogP contribution in [0.1, 0.15) is 24.0 Å². The van der Waals surface area contributed by atoms with Crippen LogP contribution in [0.2, 0.25) is 0 Å². The van der Waals surface area contributed by atoms with Crippen LogP contribution in [-0.2, 0) is 9.53 Å². The largest absolute Gasteiger partial charge is 0.464 e. The van der Waals surface area contributed by atoms with E-state index in [9.17, 15) is 4.79 Å². The number of rotatable bonds is 7. The lowest BCUT2D eigenvalue weighted by atomic mass is 9.91. The molecule has 23 heavy (non-hydrogen) atoms. The van der Waals surface area contributed by atoms with Crippen LogP contribution in [0.3, 0.4) is 0 Å². The second-order valence-electron chi connectivity index (χ2n) is 5.41. The number of aryl methyl sites for hydroxylation is 1. The van der Waals surface area contributed by atoms with Gasteiger partial charge < -0.3 is 10.1 Å². The van der Waals surface area contributed by atoms with E-state index in [0.29, 0.717) is 6.61 Å². The van der Waals surface area contributed by atoms with E-state index < -0.39 is 6.04 Å². The Morgan fingerprint density at radius 2 is 1.83 bits per heavy atom. The van der Waals surface area contributed by atoms with Crippen LogP contribution in [0.15, 0.2) is 67.3 Å². The second-order valence-corrected chi connectivity index (χ2v) is 5.41. The minimum absolute atomic E-state index is 0.170. The van der Waals surface area contributed by atoms with Crippen LogP contribution >= 0.6 is 0 Å². The molecule has 0 amide bonds. The Morgan fingerprint density at radius 3 is 2.39 bits per heavy atom. The smallest absolute Gasteiger partial charge is 0.329 e. The summed E-state index contributed by atoms with van der Waals surface area (Å²) in [6, 6.07) is 17.3. The molecular formula is C20H23NO2. The van der Waals surface area contributed by atoms with Crippen molar-refractivity contribution in [3.05, 3.63) is 78.4 Å². The predicted octanol–water partition coefficient (Wildman–Crippen LogP) is 4.31. The van der Waals surface area contributed by atoms with Crippen LogP contribution in [-0.4, -0.2) is 18.6 Å². The van der Waals surface area contributed by atoms with Gasteiger partial charge in [0.25, 0.3) is 0 Å². The van der Waals surface area contributed by atoms with Gasteiger partial charge in [0.15, 0.2) is 0 Å². The molecule has 2 aromatic rings. The zero-order valence-corrected chi connectivity index (χ0v) is 13.7. The zero-order chi connectivity index (χ0) is 16.7. The quantitative estimate of drug-likeness (QED) is 0.612. The summed E-state index contributed by atoms with van der Waals surface area (Å²) in [7, 11) is 0. The maximum Gasteiger partial charge on any atom is 0.329 e. The van der Waals surface area contributed by atoms with E-state index in [0.717, 1.165) is 11.3 Å². The number of hydrogen-bond donors (Lipinski definition) is 1. The number of benzene rings is 2. The SMILES string of the molecule is C=C[C@H](c1ccccc1)[C@@H](Nc1ccc(C)cc1)C(=O)OCC. The molecule has 0 unspecified atom stereocenters. The molecule has 0 saturated heterocycles. The molecule has 2 aromatic carbocycles. The number of carbonyl (C=O) groups is 1. The molecule has 0 spiro atoms. The average Bonchev–Trinajstić information content (AvgIpc) is 2.57. The Bertz CT molecular complexity index is 634. The third kappa shape index (κ3) is 4.46. The van der Waals surface area contributed by atoms with E-state index in [1.807, 2.05) is 68.4 Å². The Morgan fingerprint density at radius 1 is 1.17 bits per heavy atom. The molecule has 3 heteroatoms. The molecule has 0 aliphatic rings. The van der Waals surface area contributed by atoms with Gasteiger partial charge in [0.1, 0.15) is 6.04 Å². The number of carbonyl (C=O) groups excluding carboxylic acids is 1. The molecule has 3 nitrogen and oxygen atoms in total. The van der Waals surface area contributed by atoms with Crippen molar-refractivity contribution < 1.29 is 9.53 Å². The Balaban J connectivity index is 2.30. The van der Waals surface area contributed by atoms with Crippen LogP contribution in [0.25, 0.3) is 0 Å². The van der Waals surface area contributed by atoms with E-state index in [1.54, 1.807) is 6.08 Å². The second kappa shape index (κ2) is 8.18. The van der Waals surface area contributed by atoms with Gasteiger partial charge in [-0.15, -0.1) is 6.58 Å². The fourth-order valence-corrected chi connectivity index (χ4v) is 2.50. The highest BCUT2D eigenvalue weighted by Crippen LogP contribution is 2.25. The highest BCUT2D eigenvalue weighted by Gasteiger charge is 2.28. The number of nitrogens with one attached hydrogen (secondary N) is 1. The topological polar surface area (TPSA) is 38.3 Å². The minimum atomic E-state index is -0.516. The Kier molecular flexibility index (Phi) is 5.98. The van der Waals surface area contributed by atoms with Gasteiger partial charge in [0.05, 0.1) is 6.61 Å². The molecule has 0 bridgehead atoms. The van der Waals surface area contributed by atoms with Gasteiger partial charge in [-0.25, -0.2) is 4.79 Å². The van der Waals surface area contributed by atoms with E-state index in [2.05, 4.69) is 11.9 Å². The maximum atomic E-state index is 12.5. The van der Waals surface area contributed by atoms with Crippen LogP contribution in [0.5, 0.6) is 0 Å². The predicted molar refractivity (Wildman–Crippen MR) is 94.6 cm³/mol. The summed E-state index contributed by atoms with van der Waals surface area (Å²) in [4.78, 5) is 12.5. The van der Waals surface area contributed by atoms with Crippen LogP contribution < -0.4 is 5.32 Å². The minimum Gasteiger partial charge on any atom is -0.464 e. The van der Waals surface area contributed by atoms with Gasteiger partial charge >= 0.3 is 5.97 Å². The third-order valence-corrected chi connectivity index (χ3v) is 3.71. The molecule has 1 N–H and O–H groups in total. The summed E-state index contributed by atoms with van der Waals surface area (Å²) in [5.74, 6) is -0.446. The first kappa shape index (κ1) is 16.8. The van der Waals surface area contributed by atoms with Crippen molar-refractivity contribution in [2.24, 2.45) is 0 Å². The molecule has 0 aromatic heterocycles. The lowest BCUT2D eigenvalue weighted by molar-refractivity contribution is -0.144. The molecule has 2 rings (SSSR count). The van der Waals surface area contributed by atoms with Gasteiger partial charge in [-0.3, -0.25) is 0 Å². The van der Waals surface area contributed by atoms with Crippen molar-refractivity contribution in [3.63, 3.8) is 0 Å². The first-order valence-electron chi connectivity index (χ1n) is 7.83. The normalized spacial score (nSPS) is 13.0. The first-order valence-corrected chi connectivity index (χ1v) is 7.83. The summed E-state index contributed by atoms with van der Waals surface area (Å²) >= 11 is 0. The van der Waals surface area contributed by atoms with Gasteiger partial charge in [0.2, 0.25) is 0 Å². The lowest BCUT2D eigenvalue weighted by Gasteiger charge is -2.25. The van der Waals surface area contributed by atoms with Crippen molar-refractivity contribution in [2.45, 2.75) is 25.8 Å². The average molecular weight is 309 g/mol. The number of ether oxygens (including phenoxy) is 1. The molecule has 0 aliphatic carbocycles. The van der Waals surface area contributed by atoms with E-state index in [-0.39, 0.29) is 11.9 Å². The molecule has 0 radical (unpaired) electrons. The monoisotopic (exact) mass is 309 g/mol. The fraction of sp³-hybridized carbons (Fsp3) is 0.250. The van der Waals surface area contributed by atoms with Gasteiger partial charge in [-0.05, 0) is 31.5 Å². The number of esters is 1. The summed E-state index contributed by atoms with van der Waals surface area (Å²) in [6.07, 6.45) is 1.79. The molecule has 0 saturated carbocycles. The number of hydrogen-bond acceptors (Lipinski definition) is 3. The Hall–Kier alpha value is -2.55. The van der Waals surface area contributed by atoms with Gasteiger partial charge in [-0.1, -0.05) is 54.1 Å². The third-order valence-electron chi connectivity index (χ3n) is 3.71. The molecule has 2 atom stereocenters. The fourth-order valence-electron chi connectivity index (χ4n) is 2.50. The van der Waals surface area contributed by atoms with E-state index >= 15 is 0 Å². The van der Waals surface area contributed by atoms with Crippen molar-refractivity contribution in [3.8, 4) is 0 Å². The van der Waals surface area contributed by atoms with Crippen molar-refractivity contribution in [2.75, 3.05) is 11.9 Å².